The molecule has 0 aliphatic carbocycles. The molecule has 0 fully saturated rings. The third-order valence-corrected chi connectivity index (χ3v) is 5.69. The average Bonchev–Trinajstić information content (AvgIpc) is 3.30. The van der Waals surface area contributed by atoms with Crippen molar-refractivity contribution in [3.05, 3.63) is 108 Å². The third-order valence-electron chi connectivity index (χ3n) is 5.69. The first kappa shape index (κ1) is 19.9. The van der Waals surface area contributed by atoms with Crippen LogP contribution in [0.5, 0.6) is 5.75 Å². The van der Waals surface area contributed by atoms with Gasteiger partial charge in [0.1, 0.15) is 5.75 Å². The monoisotopic (exact) mass is 420 g/mol. The molecule has 0 saturated heterocycles. The van der Waals surface area contributed by atoms with Gasteiger partial charge >= 0.3 is 0 Å². The number of methoxy groups -OCH3 is 1. The highest BCUT2D eigenvalue weighted by molar-refractivity contribution is 6.03. The lowest BCUT2D eigenvalue weighted by Gasteiger charge is -2.23. The van der Waals surface area contributed by atoms with Gasteiger partial charge in [-0.3, -0.25) is 0 Å². The summed E-state index contributed by atoms with van der Waals surface area (Å²) in [7, 11) is 1.68. The molecule has 5 nitrogen and oxygen atoms in total. The maximum Gasteiger partial charge on any atom is 0.172 e. The van der Waals surface area contributed by atoms with Crippen LogP contribution in [0.1, 0.15) is 29.2 Å². The molecule has 0 bridgehead atoms. The van der Waals surface area contributed by atoms with Gasteiger partial charge in [0.15, 0.2) is 5.82 Å². The Kier molecular flexibility index (Phi) is 5.38. The molecule has 1 aromatic heterocycles. The Morgan fingerprint density at radius 3 is 2.38 bits per heavy atom. The third kappa shape index (κ3) is 3.97. The Morgan fingerprint density at radius 2 is 1.62 bits per heavy atom. The van der Waals surface area contributed by atoms with Crippen molar-refractivity contribution in [2.75, 3.05) is 12.1 Å². The van der Waals surface area contributed by atoms with E-state index in [1.54, 1.807) is 7.11 Å². The van der Waals surface area contributed by atoms with Crippen LogP contribution in [0, 0.1) is 6.92 Å². The van der Waals surface area contributed by atoms with E-state index in [0.29, 0.717) is 0 Å². The second-order valence-electron chi connectivity index (χ2n) is 7.90. The fraction of sp³-hybridized carbons (Fsp3) is 0.148. The number of rotatable bonds is 5. The summed E-state index contributed by atoms with van der Waals surface area (Å²) >= 11 is 0. The van der Waals surface area contributed by atoms with Crippen LogP contribution in [-0.4, -0.2) is 23.0 Å². The number of benzene rings is 3. The molecule has 1 unspecified atom stereocenters. The van der Waals surface area contributed by atoms with Gasteiger partial charge in [0.05, 0.1) is 24.6 Å². The molecule has 158 valence electrons. The molecule has 5 rings (SSSR count). The van der Waals surface area contributed by atoms with Crippen LogP contribution in [0.3, 0.4) is 0 Å². The Balaban J connectivity index is 1.53. The van der Waals surface area contributed by atoms with Crippen LogP contribution in [0.15, 0.2) is 96.1 Å². The number of ether oxygens (including phenoxy) is 1. The molecule has 0 saturated carbocycles. The summed E-state index contributed by atoms with van der Waals surface area (Å²) in [5, 5.41) is 16.0. The molecule has 0 radical (unpaired) electrons. The smallest absolute Gasteiger partial charge is 0.172 e. The van der Waals surface area contributed by atoms with E-state index in [-0.39, 0.29) is 6.04 Å². The highest BCUT2D eigenvalue weighted by Crippen LogP contribution is 2.36. The molecule has 0 spiro atoms. The summed E-state index contributed by atoms with van der Waals surface area (Å²) in [4.78, 5) is 0. The molecular formula is C27H24N4O. The number of nitrogens with zero attached hydrogens (tertiary/aromatic N) is 4. The molecule has 32 heavy (non-hydrogen) atoms. The zero-order chi connectivity index (χ0) is 21.9. The number of aryl methyl sites for hydroxylation is 1. The van der Waals surface area contributed by atoms with Gasteiger partial charge in [-0.1, -0.05) is 72.3 Å². The lowest BCUT2D eigenvalue weighted by atomic mass is 9.97. The molecule has 1 atom stereocenters. The maximum atomic E-state index is 5.42. The molecule has 2 heterocycles. The molecule has 5 heteroatoms. The van der Waals surface area contributed by atoms with E-state index in [2.05, 4.69) is 47.5 Å². The van der Waals surface area contributed by atoms with Gasteiger partial charge in [0.25, 0.3) is 0 Å². The summed E-state index contributed by atoms with van der Waals surface area (Å²) < 4.78 is 5.42. The van der Waals surface area contributed by atoms with E-state index in [1.165, 1.54) is 11.1 Å². The first-order chi connectivity index (χ1) is 15.7. The van der Waals surface area contributed by atoms with Gasteiger partial charge in [-0.05, 0) is 36.8 Å². The van der Waals surface area contributed by atoms with E-state index in [1.807, 2.05) is 65.7 Å². The molecule has 3 aromatic carbocycles. The van der Waals surface area contributed by atoms with Gasteiger partial charge in [-0.2, -0.15) is 5.10 Å². The Morgan fingerprint density at radius 1 is 0.812 bits per heavy atom. The summed E-state index contributed by atoms with van der Waals surface area (Å²) in [5.41, 5.74) is 6.38. The van der Waals surface area contributed by atoms with Crippen molar-refractivity contribution in [2.24, 2.45) is 5.10 Å². The number of hydrazone groups is 1. The highest BCUT2D eigenvalue weighted by Gasteiger charge is 2.31. The fourth-order valence-corrected chi connectivity index (χ4v) is 4.05. The van der Waals surface area contributed by atoms with Gasteiger partial charge in [-0.25, -0.2) is 5.01 Å². The van der Waals surface area contributed by atoms with Crippen molar-refractivity contribution in [1.29, 1.82) is 0 Å². The van der Waals surface area contributed by atoms with E-state index < -0.39 is 0 Å². The van der Waals surface area contributed by atoms with Crippen molar-refractivity contribution >= 4 is 11.5 Å². The average molecular weight is 421 g/mol. The molecular weight excluding hydrogens is 396 g/mol. The molecule has 1 aliphatic heterocycles. The molecule has 1 aliphatic rings. The zero-order valence-corrected chi connectivity index (χ0v) is 18.1. The number of hydrogen-bond donors (Lipinski definition) is 0. The lowest BCUT2D eigenvalue weighted by Crippen LogP contribution is -2.20. The summed E-state index contributed by atoms with van der Waals surface area (Å²) in [5.74, 6) is 1.55. The number of anilines is 1. The minimum Gasteiger partial charge on any atom is -0.497 e. The second-order valence-corrected chi connectivity index (χ2v) is 7.90. The van der Waals surface area contributed by atoms with Crippen LogP contribution >= 0.6 is 0 Å². The van der Waals surface area contributed by atoms with Crippen LogP contribution in [0.4, 0.5) is 5.82 Å². The predicted octanol–water partition coefficient (Wildman–Crippen LogP) is 5.82. The standard InChI is InChI=1S/C27H24N4O/c1-19-8-6-12-22(16-19)26-18-25(21-11-7-13-23(17-21)32-2)30-31(26)27-15-14-24(28-29-27)20-9-4-3-5-10-20/h3-17,26H,18H2,1-2H3. The van der Waals surface area contributed by atoms with Crippen molar-refractivity contribution in [3.8, 4) is 17.0 Å². The van der Waals surface area contributed by atoms with E-state index >= 15 is 0 Å². The first-order valence-electron chi connectivity index (χ1n) is 10.7. The fourth-order valence-electron chi connectivity index (χ4n) is 4.05. The Bertz CT molecular complexity index is 1250. The van der Waals surface area contributed by atoms with Gasteiger partial charge in [-0.15, -0.1) is 10.2 Å². The second kappa shape index (κ2) is 8.63. The maximum absolute atomic E-state index is 5.42. The molecule has 4 aromatic rings. The molecule has 0 amide bonds. The normalized spacial score (nSPS) is 15.5. The SMILES string of the molecule is COc1cccc(C2=NN(c3ccc(-c4ccccc4)nn3)C(c3cccc(C)c3)C2)c1. The predicted molar refractivity (Wildman–Crippen MR) is 128 cm³/mol. The van der Waals surface area contributed by atoms with Gasteiger partial charge < -0.3 is 4.74 Å². The van der Waals surface area contributed by atoms with Crippen LogP contribution < -0.4 is 9.75 Å². The van der Waals surface area contributed by atoms with Crippen molar-refractivity contribution in [1.82, 2.24) is 10.2 Å². The first-order valence-corrected chi connectivity index (χ1v) is 10.7. The quantitative estimate of drug-likeness (QED) is 0.408. The minimum absolute atomic E-state index is 0.0491. The summed E-state index contributed by atoms with van der Waals surface area (Å²) in [6.45, 7) is 2.11. The van der Waals surface area contributed by atoms with E-state index in [0.717, 1.165) is 40.5 Å². The van der Waals surface area contributed by atoms with Crippen molar-refractivity contribution < 1.29 is 4.74 Å². The van der Waals surface area contributed by atoms with Gasteiger partial charge in [0, 0.05) is 17.5 Å². The largest absolute Gasteiger partial charge is 0.497 e. The van der Waals surface area contributed by atoms with Gasteiger partial charge in [0.2, 0.25) is 0 Å². The highest BCUT2D eigenvalue weighted by atomic mass is 16.5. The Hall–Kier alpha value is -3.99. The minimum atomic E-state index is 0.0491. The summed E-state index contributed by atoms with van der Waals surface area (Å²) in [6.07, 6.45) is 0.777. The lowest BCUT2D eigenvalue weighted by molar-refractivity contribution is 0.414. The van der Waals surface area contributed by atoms with E-state index in [4.69, 9.17) is 9.84 Å². The van der Waals surface area contributed by atoms with Crippen LogP contribution in [0.25, 0.3) is 11.3 Å². The van der Waals surface area contributed by atoms with E-state index in [9.17, 15) is 0 Å². The van der Waals surface area contributed by atoms with Crippen LogP contribution in [0.2, 0.25) is 0 Å². The van der Waals surface area contributed by atoms with Crippen LogP contribution in [-0.2, 0) is 0 Å². The number of hydrogen-bond acceptors (Lipinski definition) is 5. The zero-order valence-electron chi connectivity index (χ0n) is 18.1. The Labute approximate surface area is 188 Å². The van der Waals surface area contributed by atoms with Crippen molar-refractivity contribution in [3.63, 3.8) is 0 Å². The van der Waals surface area contributed by atoms with Crippen molar-refractivity contribution in [2.45, 2.75) is 19.4 Å². The molecule has 0 N–H and O–H groups in total. The number of aromatic nitrogens is 2. The topological polar surface area (TPSA) is 50.6 Å². The summed E-state index contributed by atoms with van der Waals surface area (Å²) in [6, 6.07) is 30.7.